The Labute approximate surface area is 88.5 Å². The van der Waals surface area contributed by atoms with Crippen LogP contribution in [0.1, 0.15) is 6.42 Å². The molecule has 0 atom stereocenters. The molecule has 1 heterocycles. The molecule has 14 heavy (non-hydrogen) atoms. The second kappa shape index (κ2) is 3.92. The second-order valence-electron chi connectivity index (χ2n) is 3.43. The van der Waals surface area contributed by atoms with Gasteiger partial charge in [0.05, 0.1) is 6.54 Å². The molecule has 2 rings (SSSR count). The minimum Gasteiger partial charge on any atom is -0.353 e. The Morgan fingerprint density at radius 1 is 1.50 bits per heavy atom. The van der Waals surface area contributed by atoms with Crippen LogP contribution in [0.25, 0.3) is 0 Å². The van der Waals surface area contributed by atoms with Crippen LogP contribution in [0.2, 0.25) is 0 Å². The summed E-state index contributed by atoms with van der Waals surface area (Å²) in [6.45, 7) is 1.07. The van der Waals surface area contributed by atoms with Gasteiger partial charge in [0.15, 0.2) is 5.11 Å². The third-order valence-corrected chi connectivity index (χ3v) is 2.82. The van der Waals surface area contributed by atoms with E-state index in [0.717, 1.165) is 6.42 Å². The fourth-order valence-electron chi connectivity index (χ4n) is 1.63. The lowest BCUT2D eigenvalue weighted by atomic mass is 10.1. The highest BCUT2D eigenvalue weighted by Gasteiger charge is 2.24. The molecule has 74 valence electrons. The normalized spacial score (nSPS) is 21.0. The number of carbonyl (C=O) groups is 1. The maximum Gasteiger partial charge on any atom is 0.248 e. The Morgan fingerprint density at radius 3 is 2.79 bits per heavy atom. The molecule has 0 unspecified atom stereocenters. The maximum absolute atomic E-state index is 11.3. The predicted octanol–water partition coefficient (Wildman–Crippen LogP) is 0.835. The van der Waals surface area contributed by atoms with E-state index >= 15 is 0 Å². The summed E-state index contributed by atoms with van der Waals surface area (Å²) in [6, 6.07) is 0. The lowest BCUT2D eigenvalue weighted by Gasteiger charge is -2.15. The van der Waals surface area contributed by atoms with Crippen LogP contribution in [0.4, 0.5) is 0 Å². The van der Waals surface area contributed by atoms with E-state index in [2.05, 4.69) is 17.5 Å². The predicted molar refractivity (Wildman–Crippen MR) is 58.7 cm³/mol. The molecular weight excluding hydrogens is 196 g/mol. The summed E-state index contributed by atoms with van der Waals surface area (Å²) in [4.78, 5) is 13.0. The van der Waals surface area contributed by atoms with E-state index in [1.807, 2.05) is 12.2 Å². The van der Waals surface area contributed by atoms with Crippen LogP contribution in [0.5, 0.6) is 0 Å². The molecule has 0 spiro atoms. The van der Waals surface area contributed by atoms with Gasteiger partial charge in [-0.3, -0.25) is 9.69 Å². The van der Waals surface area contributed by atoms with Gasteiger partial charge in [-0.25, -0.2) is 0 Å². The fraction of sp³-hybridized carbons (Fsp3) is 0.400. The van der Waals surface area contributed by atoms with Crippen LogP contribution in [-0.2, 0) is 4.79 Å². The monoisotopic (exact) mass is 208 g/mol. The molecule has 0 saturated carbocycles. The summed E-state index contributed by atoms with van der Waals surface area (Å²) < 4.78 is 0. The SMILES string of the molecule is O=C1CNC(=S)N1CCC1C=CC=C1. The summed E-state index contributed by atoms with van der Waals surface area (Å²) in [7, 11) is 0. The molecule has 1 aliphatic carbocycles. The van der Waals surface area contributed by atoms with Crippen LogP contribution in [0, 0.1) is 5.92 Å². The molecule has 2 aliphatic rings. The zero-order valence-electron chi connectivity index (χ0n) is 7.77. The minimum absolute atomic E-state index is 0.0842. The first-order valence-corrected chi connectivity index (χ1v) is 5.11. The first-order chi connectivity index (χ1) is 6.77. The van der Waals surface area contributed by atoms with E-state index in [9.17, 15) is 4.79 Å². The average molecular weight is 208 g/mol. The molecule has 1 aliphatic heterocycles. The number of hydrogen-bond acceptors (Lipinski definition) is 2. The Kier molecular flexibility index (Phi) is 2.63. The van der Waals surface area contributed by atoms with Crippen molar-refractivity contribution in [3.8, 4) is 0 Å². The van der Waals surface area contributed by atoms with Crippen LogP contribution in [0.15, 0.2) is 24.3 Å². The van der Waals surface area contributed by atoms with E-state index in [4.69, 9.17) is 12.2 Å². The molecule has 0 aromatic rings. The molecular formula is C10H12N2OS. The Morgan fingerprint density at radius 2 is 2.21 bits per heavy atom. The molecule has 1 amide bonds. The van der Waals surface area contributed by atoms with Gasteiger partial charge in [0, 0.05) is 6.54 Å². The molecule has 1 N–H and O–H groups in total. The molecule has 0 bridgehead atoms. The van der Waals surface area contributed by atoms with Gasteiger partial charge < -0.3 is 5.32 Å². The Bertz CT molecular complexity index is 294. The van der Waals surface area contributed by atoms with Crippen LogP contribution >= 0.6 is 12.2 Å². The van der Waals surface area contributed by atoms with Gasteiger partial charge >= 0.3 is 0 Å². The first kappa shape index (κ1) is 9.40. The highest BCUT2D eigenvalue weighted by atomic mass is 32.1. The van der Waals surface area contributed by atoms with Crippen molar-refractivity contribution >= 4 is 23.2 Å². The van der Waals surface area contributed by atoms with E-state index < -0.39 is 0 Å². The first-order valence-electron chi connectivity index (χ1n) is 4.70. The number of thiocarbonyl (C=S) groups is 1. The van der Waals surface area contributed by atoms with E-state index in [-0.39, 0.29) is 5.91 Å². The quantitative estimate of drug-likeness (QED) is 0.697. The molecule has 0 aromatic heterocycles. The van der Waals surface area contributed by atoms with Gasteiger partial charge in [-0.05, 0) is 24.6 Å². The van der Waals surface area contributed by atoms with Crippen LogP contribution < -0.4 is 5.32 Å². The van der Waals surface area contributed by atoms with Crippen LogP contribution in [-0.4, -0.2) is 29.0 Å². The zero-order chi connectivity index (χ0) is 9.97. The van der Waals surface area contributed by atoms with Gasteiger partial charge in [-0.1, -0.05) is 24.3 Å². The lowest BCUT2D eigenvalue weighted by Crippen LogP contribution is -2.32. The number of carbonyl (C=O) groups excluding carboxylic acids is 1. The number of amides is 1. The van der Waals surface area contributed by atoms with Crippen molar-refractivity contribution in [3.05, 3.63) is 24.3 Å². The van der Waals surface area contributed by atoms with E-state index in [0.29, 0.717) is 24.1 Å². The van der Waals surface area contributed by atoms with Crippen molar-refractivity contribution in [3.63, 3.8) is 0 Å². The average Bonchev–Trinajstić information content (AvgIpc) is 2.76. The summed E-state index contributed by atoms with van der Waals surface area (Å²) in [5, 5.41) is 3.44. The summed E-state index contributed by atoms with van der Waals surface area (Å²) >= 11 is 5.02. The molecule has 0 aromatic carbocycles. The number of hydrogen-bond donors (Lipinski definition) is 1. The maximum atomic E-state index is 11.3. The topological polar surface area (TPSA) is 32.3 Å². The fourth-order valence-corrected chi connectivity index (χ4v) is 1.90. The Balaban J connectivity index is 1.85. The smallest absolute Gasteiger partial charge is 0.248 e. The number of nitrogens with one attached hydrogen (secondary N) is 1. The van der Waals surface area contributed by atoms with Gasteiger partial charge in [0.1, 0.15) is 0 Å². The summed E-state index contributed by atoms with van der Waals surface area (Å²) in [5.41, 5.74) is 0. The molecule has 3 nitrogen and oxygen atoms in total. The van der Waals surface area contributed by atoms with Crippen LogP contribution in [0.3, 0.4) is 0 Å². The number of allylic oxidation sites excluding steroid dienone is 4. The van der Waals surface area contributed by atoms with E-state index in [1.165, 1.54) is 0 Å². The third kappa shape index (κ3) is 1.85. The van der Waals surface area contributed by atoms with Gasteiger partial charge in [-0.15, -0.1) is 0 Å². The number of rotatable bonds is 3. The van der Waals surface area contributed by atoms with E-state index in [1.54, 1.807) is 4.90 Å². The molecule has 1 saturated heterocycles. The van der Waals surface area contributed by atoms with Crippen molar-refractivity contribution < 1.29 is 4.79 Å². The zero-order valence-corrected chi connectivity index (χ0v) is 8.59. The largest absolute Gasteiger partial charge is 0.353 e. The van der Waals surface area contributed by atoms with Gasteiger partial charge in [-0.2, -0.15) is 0 Å². The highest BCUT2D eigenvalue weighted by Crippen LogP contribution is 2.14. The van der Waals surface area contributed by atoms with Crippen molar-refractivity contribution in [1.29, 1.82) is 0 Å². The molecule has 4 heteroatoms. The second-order valence-corrected chi connectivity index (χ2v) is 3.81. The minimum atomic E-state index is 0.0842. The Hall–Kier alpha value is -1.16. The third-order valence-electron chi connectivity index (χ3n) is 2.45. The molecule has 0 radical (unpaired) electrons. The molecule has 1 fully saturated rings. The van der Waals surface area contributed by atoms with Crippen molar-refractivity contribution in [2.45, 2.75) is 6.42 Å². The summed E-state index contributed by atoms with van der Waals surface area (Å²) in [5.74, 6) is 0.548. The van der Waals surface area contributed by atoms with Crippen molar-refractivity contribution in [1.82, 2.24) is 10.2 Å². The standard InChI is InChI=1S/C10H12N2OS/c13-9-7-11-10(14)12(9)6-5-8-3-1-2-4-8/h1-4,8H,5-7H2,(H,11,14). The van der Waals surface area contributed by atoms with Crippen molar-refractivity contribution in [2.24, 2.45) is 5.92 Å². The van der Waals surface area contributed by atoms with Gasteiger partial charge in [0.2, 0.25) is 5.91 Å². The lowest BCUT2D eigenvalue weighted by molar-refractivity contribution is -0.124. The highest BCUT2D eigenvalue weighted by molar-refractivity contribution is 7.80. The number of nitrogens with zero attached hydrogens (tertiary/aromatic N) is 1. The van der Waals surface area contributed by atoms with Crippen molar-refractivity contribution in [2.75, 3.05) is 13.1 Å². The van der Waals surface area contributed by atoms with Gasteiger partial charge in [0.25, 0.3) is 0 Å². The summed E-state index contributed by atoms with van der Waals surface area (Å²) in [6.07, 6.45) is 9.29.